The topological polar surface area (TPSA) is 82.7 Å². The van der Waals surface area contributed by atoms with Crippen LogP contribution in [0.5, 0.6) is 0 Å². The molecule has 1 aliphatic heterocycles. The Hall–Kier alpha value is -0.300. The molecule has 15 heteroatoms. The summed E-state index contributed by atoms with van der Waals surface area (Å²) in [4.78, 5) is 28.5. The molecule has 2 aromatic rings. The monoisotopic (exact) mass is 717 g/mol. The lowest BCUT2D eigenvalue weighted by atomic mass is 10.3. The number of fused-ring (bicyclic) bond motifs is 1. The Kier molecular flexibility index (Phi) is 18.7. The van der Waals surface area contributed by atoms with Crippen molar-refractivity contribution in [2.75, 3.05) is 30.1 Å². The standard InChI is InChI=1S/C15H15ClFN3O3S2.C12H27OPS3/c1-23-13(21)8-24-12-7-11(10(17)6-9(12)16)18-14-19-4-2-3-5-20(19)15(22)25-14;1-4-7-10-15-14(13,16-11-8-5-2)17-12-9-6-3/h6-7H,2-5,8H2,1H3;4-12H2,1-3H3. The minimum Gasteiger partial charge on any atom is -0.468 e. The Balaban J connectivity index is 0.000000319. The Labute approximate surface area is 274 Å². The number of aromatic nitrogens is 2. The third-order valence-electron chi connectivity index (χ3n) is 5.92. The molecule has 0 saturated carbocycles. The zero-order chi connectivity index (χ0) is 31.0. The van der Waals surface area contributed by atoms with Crippen molar-refractivity contribution in [3.05, 3.63) is 37.4 Å². The van der Waals surface area contributed by atoms with Crippen molar-refractivity contribution in [1.29, 1.82) is 0 Å². The van der Waals surface area contributed by atoms with E-state index in [1.54, 1.807) is 43.5 Å². The smallest absolute Gasteiger partial charge is 0.325 e. The molecule has 0 radical (unpaired) electrons. The number of hydrogen-bond donors (Lipinski definition) is 0. The first-order chi connectivity index (χ1) is 20.2. The summed E-state index contributed by atoms with van der Waals surface area (Å²) in [5, 5.41) is 0.199. The molecule has 0 unspecified atom stereocenters. The van der Waals surface area contributed by atoms with Gasteiger partial charge in [-0.05, 0) is 55.6 Å². The lowest BCUT2D eigenvalue weighted by Crippen LogP contribution is -2.31. The van der Waals surface area contributed by atoms with Gasteiger partial charge in [0.15, 0.2) is 0 Å². The molecule has 0 atom stereocenters. The summed E-state index contributed by atoms with van der Waals surface area (Å²) in [6.07, 6.45) is 9.07. The fourth-order valence-corrected chi connectivity index (χ4v) is 17.5. The van der Waals surface area contributed by atoms with E-state index in [4.69, 9.17) is 11.6 Å². The van der Waals surface area contributed by atoms with Crippen LogP contribution in [0.25, 0.3) is 0 Å². The van der Waals surface area contributed by atoms with Crippen LogP contribution in [0.1, 0.15) is 72.1 Å². The van der Waals surface area contributed by atoms with E-state index >= 15 is 0 Å². The van der Waals surface area contributed by atoms with Gasteiger partial charge in [0.1, 0.15) is 11.5 Å². The van der Waals surface area contributed by atoms with Crippen molar-refractivity contribution in [2.45, 2.75) is 90.1 Å². The molecular formula is C27H42ClFN3O4PS5. The molecule has 0 fully saturated rings. The first kappa shape index (κ1) is 37.9. The van der Waals surface area contributed by atoms with Crippen molar-refractivity contribution >= 4 is 85.2 Å². The molecule has 2 heterocycles. The molecule has 1 aromatic carbocycles. The Bertz CT molecular complexity index is 1270. The van der Waals surface area contributed by atoms with Crippen LogP contribution in [0.3, 0.4) is 0 Å². The van der Waals surface area contributed by atoms with Crippen LogP contribution in [0.15, 0.2) is 26.8 Å². The molecule has 1 aliphatic rings. The molecule has 0 bridgehead atoms. The SMILES string of the molecule is CCCCSP(=O)(SCCCC)SCCCC.COC(=O)CSc1cc(N=c2sc(=O)n3n2CCCC3)c(F)cc1Cl. The first-order valence-electron chi connectivity index (χ1n) is 14.3. The van der Waals surface area contributed by atoms with Crippen LogP contribution in [0.4, 0.5) is 10.1 Å². The van der Waals surface area contributed by atoms with E-state index in [9.17, 15) is 18.5 Å². The minimum atomic E-state index is -2.06. The Morgan fingerprint density at radius 2 is 1.57 bits per heavy atom. The lowest BCUT2D eigenvalue weighted by molar-refractivity contribution is -0.137. The van der Waals surface area contributed by atoms with E-state index in [1.165, 1.54) is 51.7 Å². The van der Waals surface area contributed by atoms with Crippen LogP contribution in [0, 0.1) is 5.82 Å². The minimum absolute atomic E-state index is 0.0605. The number of halogens is 2. The number of nitrogens with zero attached hydrogens (tertiary/aromatic N) is 3. The number of carbonyl (C=O) groups excluding carboxylic acids is 1. The molecule has 0 saturated heterocycles. The highest BCUT2D eigenvalue weighted by Gasteiger charge is 2.23. The third-order valence-corrected chi connectivity index (χ3v) is 20.8. The highest BCUT2D eigenvalue weighted by molar-refractivity contribution is 9.14. The lowest BCUT2D eigenvalue weighted by Gasteiger charge is -2.15. The number of methoxy groups -OCH3 is 1. The van der Waals surface area contributed by atoms with Crippen LogP contribution >= 0.6 is 73.6 Å². The largest absolute Gasteiger partial charge is 0.468 e. The van der Waals surface area contributed by atoms with Gasteiger partial charge in [0.2, 0.25) is 9.55 Å². The van der Waals surface area contributed by atoms with Gasteiger partial charge in [-0.2, -0.15) is 0 Å². The number of carbonyl (C=O) groups is 1. The first-order valence-corrected chi connectivity index (χ1v) is 22.9. The number of esters is 1. The normalized spacial score (nSPS) is 13.4. The van der Waals surface area contributed by atoms with Gasteiger partial charge < -0.3 is 4.74 Å². The summed E-state index contributed by atoms with van der Waals surface area (Å²) in [6.45, 7) is 7.91. The number of benzene rings is 1. The Morgan fingerprint density at radius 3 is 2.10 bits per heavy atom. The second-order valence-corrected chi connectivity index (χ2v) is 23.6. The second-order valence-electron chi connectivity index (χ2n) is 9.32. The van der Waals surface area contributed by atoms with Gasteiger partial charge in [-0.1, -0.05) is 85.8 Å². The molecule has 238 valence electrons. The van der Waals surface area contributed by atoms with Crippen molar-refractivity contribution in [2.24, 2.45) is 4.99 Å². The van der Waals surface area contributed by atoms with E-state index in [-0.39, 0.29) is 21.3 Å². The van der Waals surface area contributed by atoms with E-state index in [0.29, 0.717) is 22.8 Å². The van der Waals surface area contributed by atoms with Crippen molar-refractivity contribution in [3.8, 4) is 0 Å². The third kappa shape index (κ3) is 13.0. The van der Waals surface area contributed by atoms with Crippen molar-refractivity contribution < 1.29 is 18.5 Å². The second kappa shape index (κ2) is 20.7. The molecule has 0 spiro atoms. The van der Waals surface area contributed by atoms with Gasteiger partial charge in [-0.3, -0.25) is 18.8 Å². The zero-order valence-corrected chi connectivity index (χ0v) is 30.5. The number of rotatable bonds is 16. The summed E-state index contributed by atoms with van der Waals surface area (Å²) < 4.78 is 32.9. The van der Waals surface area contributed by atoms with E-state index in [0.717, 1.165) is 59.3 Å². The van der Waals surface area contributed by atoms with Gasteiger partial charge in [0, 0.05) is 35.2 Å². The number of ether oxygens (including phenoxy) is 1. The predicted molar refractivity (Wildman–Crippen MR) is 185 cm³/mol. The zero-order valence-electron chi connectivity index (χ0n) is 24.8. The van der Waals surface area contributed by atoms with Crippen LogP contribution < -0.4 is 9.67 Å². The number of hydrogen-bond acceptors (Lipinski definition) is 10. The van der Waals surface area contributed by atoms with E-state index in [1.807, 2.05) is 0 Å². The van der Waals surface area contributed by atoms with Gasteiger partial charge in [-0.25, -0.2) is 14.1 Å². The van der Waals surface area contributed by atoms with Gasteiger partial charge in [0.05, 0.1) is 17.9 Å². The van der Waals surface area contributed by atoms with Crippen molar-refractivity contribution in [3.63, 3.8) is 0 Å². The fraction of sp³-hybridized carbons (Fsp3) is 0.667. The summed E-state index contributed by atoms with van der Waals surface area (Å²) in [5.74, 6) is 2.26. The maximum Gasteiger partial charge on any atom is 0.325 e. The van der Waals surface area contributed by atoms with E-state index < -0.39 is 16.5 Å². The highest BCUT2D eigenvalue weighted by atomic mass is 35.5. The van der Waals surface area contributed by atoms with Crippen LogP contribution in [-0.2, 0) is 27.2 Å². The molecule has 0 amide bonds. The van der Waals surface area contributed by atoms with Crippen LogP contribution in [-0.4, -0.2) is 45.5 Å². The molecular weight excluding hydrogens is 676 g/mol. The summed E-state index contributed by atoms with van der Waals surface area (Å²) in [7, 11) is 1.30. The molecule has 0 aliphatic carbocycles. The Morgan fingerprint density at radius 1 is 1.02 bits per heavy atom. The van der Waals surface area contributed by atoms with Gasteiger partial charge in [-0.15, -0.1) is 11.8 Å². The number of thioether (sulfide) groups is 1. The maximum atomic E-state index is 14.3. The quantitative estimate of drug-likeness (QED) is 0.0735. The molecule has 0 N–H and O–H groups in total. The molecule has 7 nitrogen and oxygen atoms in total. The molecule has 42 heavy (non-hydrogen) atoms. The average molecular weight is 718 g/mol. The number of unbranched alkanes of at least 4 members (excludes halogenated alkanes) is 3. The van der Waals surface area contributed by atoms with Crippen LogP contribution in [0.2, 0.25) is 5.02 Å². The van der Waals surface area contributed by atoms with E-state index in [2.05, 4.69) is 30.5 Å². The van der Waals surface area contributed by atoms with Gasteiger partial charge in [0.25, 0.3) is 0 Å². The average Bonchev–Trinajstić information content (AvgIpc) is 3.29. The summed E-state index contributed by atoms with van der Waals surface area (Å²) in [5.41, 5.74) is 0.0829. The molecule has 1 aromatic heterocycles. The fourth-order valence-electron chi connectivity index (χ4n) is 3.50. The van der Waals surface area contributed by atoms with Crippen molar-refractivity contribution in [1.82, 2.24) is 9.36 Å². The predicted octanol–water partition coefficient (Wildman–Crippen LogP) is 9.49. The summed E-state index contributed by atoms with van der Waals surface area (Å²) in [6, 6.07) is 2.64. The highest BCUT2D eigenvalue weighted by Crippen LogP contribution is 2.78. The molecule has 3 rings (SSSR count). The maximum absolute atomic E-state index is 14.3. The van der Waals surface area contributed by atoms with Gasteiger partial charge >= 0.3 is 10.8 Å². The summed E-state index contributed by atoms with van der Waals surface area (Å²) >= 11 is 13.4.